The van der Waals surface area contributed by atoms with E-state index in [0.29, 0.717) is 5.75 Å². The van der Waals surface area contributed by atoms with E-state index in [9.17, 15) is 14.7 Å². The summed E-state index contributed by atoms with van der Waals surface area (Å²) >= 11 is 0. The fraction of sp³-hybridized carbons (Fsp3) is 0.294. The number of fused-ring (bicyclic) bond motifs is 1. The fourth-order valence-electron chi connectivity index (χ4n) is 2.27. The van der Waals surface area contributed by atoms with Gasteiger partial charge < -0.3 is 15.6 Å². The van der Waals surface area contributed by atoms with Crippen LogP contribution in [0.25, 0.3) is 10.8 Å². The summed E-state index contributed by atoms with van der Waals surface area (Å²) in [5.74, 6) is -1.99. The Labute approximate surface area is 128 Å². The molecule has 0 amide bonds. The predicted molar refractivity (Wildman–Crippen MR) is 83.8 cm³/mol. The van der Waals surface area contributed by atoms with Crippen LogP contribution in [0, 0.1) is 5.92 Å². The Hall–Kier alpha value is -2.40. The van der Waals surface area contributed by atoms with Crippen LogP contribution in [0.1, 0.15) is 13.8 Å². The lowest BCUT2D eigenvalue weighted by atomic mass is 9.83. The minimum Gasteiger partial charge on any atom is -0.485 e. The lowest BCUT2D eigenvalue weighted by Crippen LogP contribution is -2.60. The van der Waals surface area contributed by atoms with Gasteiger partial charge in [-0.15, -0.1) is 0 Å². The number of hydrogen-bond acceptors (Lipinski definition) is 4. The van der Waals surface area contributed by atoms with Crippen molar-refractivity contribution in [2.75, 3.05) is 6.61 Å². The van der Waals surface area contributed by atoms with Crippen molar-refractivity contribution >= 4 is 22.5 Å². The second-order valence-electron chi connectivity index (χ2n) is 5.52. The molecular weight excluding hydrogens is 282 g/mol. The van der Waals surface area contributed by atoms with Crippen molar-refractivity contribution < 1.29 is 19.4 Å². The summed E-state index contributed by atoms with van der Waals surface area (Å²) in [5.41, 5.74) is 3.83. The molecule has 0 heterocycles. The van der Waals surface area contributed by atoms with Gasteiger partial charge in [-0.05, 0) is 17.4 Å². The van der Waals surface area contributed by atoms with E-state index in [2.05, 4.69) is 0 Å². The highest BCUT2D eigenvalue weighted by Gasteiger charge is 2.45. The highest BCUT2D eigenvalue weighted by Crippen LogP contribution is 2.25. The van der Waals surface area contributed by atoms with Gasteiger partial charge in [0.15, 0.2) is 5.54 Å². The monoisotopic (exact) mass is 301 g/mol. The molecule has 0 aliphatic rings. The SMILES string of the molecule is CC(C)[C@](N)(C(=O)O)C(=O)COc1cccc2ccccc12. The number of aliphatic carboxylic acids is 1. The molecule has 5 heteroatoms. The molecule has 0 aliphatic carbocycles. The predicted octanol–water partition coefficient (Wildman–Crippen LogP) is 2.23. The topological polar surface area (TPSA) is 89.6 Å². The van der Waals surface area contributed by atoms with E-state index in [-0.39, 0.29) is 6.61 Å². The van der Waals surface area contributed by atoms with Gasteiger partial charge in [-0.25, -0.2) is 4.79 Å². The van der Waals surface area contributed by atoms with E-state index in [1.807, 2.05) is 36.4 Å². The van der Waals surface area contributed by atoms with Gasteiger partial charge in [-0.1, -0.05) is 50.2 Å². The summed E-state index contributed by atoms with van der Waals surface area (Å²) in [6, 6.07) is 13.1. The van der Waals surface area contributed by atoms with E-state index in [1.54, 1.807) is 19.9 Å². The molecule has 2 aromatic carbocycles. The first kappa shape index (κ1) is 16.0. The first-order valence-corrected chi connectivity index (χ1v) is 7.03. The van der Waals surface area contributed by atoms with Crippen molar-refractivity contribution in [1.29, 1.82) is 0 Å². The van der Waals surface area contributed by atoms with Gasteiger partial charge in [-0.3, -0.25) is 4.79 Å². The van der Waals surface area contributed by atoms with Gasteiger partial charge in [0, 0.05) is 5.39 Å². The van der Waals surface area contributed by atoms with Crippen molar-refractivity contribution in [3.8, 4) is 5.75 Å². The van der Waals surface area contributed by atoms with Crippen molar-refractivity contribution in [2.24, 2.45) is 11.7 Å². The summed E-state index contributed by atoms with van der Waals surface area (Å²) < 4.78 is 5.53. The van der Waals surface area contributed by atoms with Crippen molar-refractivity contribution in [1.82, 2.24) is 0 Å². The Bertz CT molecular complexity index is 705. The van der Waals surface area contributed by atoms with Crippen LogP contribution in [-0.4, -0.2) is 29.0 Å². The molecule has 22 heavy (non-hydrogen) atoms. The third-order valence-corrected chi connectivity index (χ3v) is 3.83. The molecule has 0 saturated heterocycles. The zero-order valence-electron chi connectivity index (χ0n) is 12.6. The van der Waals surface area contributed by atoms with E-state index in [4.69, 9.17) is 10.5 Å². The van der Waals surface area contributed by atoms with Crippen LogP contribution in [0.4, 0.5) is 0 Å². The van der Waals surface area contributed by atoms with E-state index in [0.717, 1.165) is 10.8 Å². The number of hydrogen-bond donors (Lipinski definition) is 2. The van der Waals surface area contributed by atoms with Crippen LogP contribution >= 0.6 is 0 Å². The average Bonchev–Trinajstić information content (AvgIpc) is 2.51. The zero-order chi connectivity index (χ0) is 16.3. The Kier molecular flexibility index (Phi) is 4.47. The van der Waals surface area contributed by atoms with Crippen LogP contribution in [-0.2, 0) is 9.59 Å². The van der Waals surface area contributed by atoms with Crippen LogP contribution in [0.5, 0.6) is 5.75 Å². The van der Waals surface area contributed by atoms with E-state index >= 15 is 0 Å². The lowest BCUT2D eigenvalue weighted by Gasteiger charge is -2.27. The highest BCUT2D eigenvalue weighted by atomic mass is 16.5. The van der Waals surface area contributed by atoms with Crippen molar-refractivity contribution in [3.05, 3.63) is 42.5 Å². The number of carbonyl (C=O) groups excluding carboxylic acids is 1. The maximum Gasteiger partial charge on any atom is 0.331 e. The molecule has 0 fully saturated rings. The Morgan fingerprint density at radius 3 is 2.45 bits per heavy atom. The van der Waals surface area contributed by atoms with Crippen LogP contribution in [0.15, 0.2) is 42.5 Å². The van der Waals surface area contributed by atoms with Crippen LogP contribution < -0.4 is 10.5 Å². The molecular formula is C17H19NO4. The van der Waals surface area contributed by atoms with Gasteiger partial charge in [-0.2, -0.15) is 0 Å². The molecule has 0 bridgehead atoms. The van der Waals surface area contributed by atoms with Gasteiger partial charge in [0.25, 0.3) is 0 Å². The summed E-state index contributed by atoms with van der Waals surface area (Å²) in [4.78, 5) is 23.6. The summed E-state index contributed by atoms with van der Waals surface area (Å²) in [5, 5.41) is 11.1. The minimum absolute atomic E-state index is 0.380. The number of ketones is 1. The van der Waals surface area contributed by atoms with Gasteiger partial charge in [0.2, 0.25) is 5.78 Å². The molecule has 1 atom stereocenters. The van der Waals surface area contributed by atoms with E-state index in [1.165, 1.54) is 0 Å². The molecule has 0 aromatic heterocycles. The highest BCUT2D eigenvalue weighted by molar-refractivity contribution is 6.08. The number of rotatable bonds is 6. The minimum atomic E-state index is -1.94. The number of carboxylic acid groups (broad SMARTS) is 1. The quantitative estimate of drug-likeness (QED) is 0.799. The molecule has 0 aliphatic heterocycles. The summed E-state index contributed by atoms with van der Waals surface area (Å²) in [6.45, 7) is 2.82. The fourth-order valence-corrected chi connectivity index (χ4v) is 2.27. The number of carboxylic acids is 1. The number of ether oxygens (including phenoxy) is 1. The number of carbonyl (C=O) groups is 2. The first-order chi connectivity index (χ1) is 10.4. The van der Waals surface area contributed by atoms with Gasteiger partial charge in [0.1, 0.15) is 12.4 Å². The second kappa shape index (κ2) is 6.15. The molecule has 0 radical (unpaired) electrons. The lowest BCUT2D eigenvalue weighted by molar-refractivity contribution is -0.151. The molecule has 2 rings (SSSR count). The third kappa shape index (κ3) is 2.80. The maximum absolute atomic E-state index is 12.2. The van der Waals surface area contributed by atoms with Gasteiger partial charge in [0.05, 0.1) is 0 Å². The molecule has 5 nitrogen and oxygen atoms in total. The maximum atomic E-state index is 12.2. The largest absolute Gasteiger partial charge is 0.485 e. The molecule has 0 unspecified atom stereocenters. The van der Waals surface area contributed by atoms with Crippen molar-refractivity contribution in [3.63, 3.8) is 0 Å². The van der Waals surface area contributed by atoms with Crippen LogP contribution in [0.3, 0.4) is 0 Å². The summed E-state index contributed by atoms with van der Waals surface area (Å²) in [6.07, 6.45) is 0. The molecule has 0 spiro atoms. The number of Topliss-reactive ketones (excluding diaryl/α,β-unsaturated/α-hetero) is 1. The number of benzene rings is 2. The summed E-state index contributed by atoms with van der Waals surface area (Å²) in [7, 11) is 0. The zero-order valence-corrected chi connectivity index (χ0v) is 12.6. The normalized spacial score (nSPS) is 13.8. The Balaban J connectivity index is 2.21. The Morgan fingerprint density at radius 2 is 1.82 bits per heavy atom. The van der Waals surface area contributed by atoms with Crippen LogP contribution in [0.2, 0.25) is 0 Å². The first-order valence-electron chi connectivity index (χ1n) is 7.03. The molecule has 0 saturated carbocycles. The Morgan fingerprint density at radius 1 is 1.18 bits per heavy atom. The molecule has 3 N–H and O–H groups in total. The average molecular weight is 301 g/mol. The third-order valence-electron chi connectivity index (χ3n) is 3.83. The molecule has 116 valence electrons. The second-order valence-corrected chi connectivity index (χ2v) is 5.52. The smallest absolute Gasteiger partial charge is 0.331 e. The standard InChI is InChI=1S/C17H19NO4/c1-11(2)17(18,16(20)21)15(19)10-22-14-9-5-7-12-6-3-4-8-13(12)14/h3-9,11H,10,18H2,1-2H3,(H,20,21)/t17-/m1/s1. The van der Waals surface area contributed by atoms with E-state index < -0.39 is 23.2 Å². The van der Waals surface area contributed by atoms with Gasteiger partial charge >= 0.3 is 5.97 Å². The molecule has 2 aromatic rings. The number of nitrogens with two attached hydrogens (primary N) is 1. The van der Waals surface area contributed by atoms with Crippen molar-refractivity contribution in [2.45, 2.75) is 19.4 Å².